The Morgan fingerprint density at radius 3 is 2.49 bits per heavy atom. The minimum Gasteiger partial charge on any atom is -0.490 e. The molecule has 0 saturated carbocycles. The summed E-state index contributed by atoms with van der Waals surface area (Å²) in [6.45, 7) is 7.34. The fourth-order valence-corrected chi connectivity index (χ4v) is 5.08. The highest BCUT2D eigenvalue weighted by molar-refractivity contribution is 7.15. The number of imidazole rings is 1. The summed E-state index contributed by atoms with van der Waals surface area (Å²) in [5, 5.41) is 0. The number of ether oxygens (including phenoxy) is 3. The van der Waals surface area contributed by atoms with Crippen LogP contribution in [0.4, 0.5) is 0 Å². The molecular formula is C28H26N2O4S. The van der Waals surface area contributed by atoms with E-state index in [1.165, 1.54) is 22.5 Å². The molecule has 0 N–H and O–H groups in total. The summed E-state index contributed by atoms with van der Waals surface area (Å²) in [5.41, 5.74) is 4.77. The van der Waals surface area contributed by atoms with E-state index in [1.807, 2.05) is 67.6 Å². The van der Waals surface area contributed by atoms with Crippen molar-refractivity contribution in [2.75, 3.05) is 19.8 Å². The van der Waals surface area contributed by atoms with Gasteiger partial charge in [0.1, 0.15) is 19.0 Å². The topological polar surface area (TPSA) is 62.1 Å². The van der Waals surface area contributed by atoms with Crippen molar-refractivity contribution in [2.45, 2.75) is 20.8 Å². The molecule has 2 heterocycles. The average Bonchev–Trinajstić information content (AvgIpc) is 3.33. The second kappa shape index (κ2) is 9.80. The number of hydrogen-bond acceptors (Lipinski definition) is 6. The zero-order chi connectivity index (χ0) is 24.4. The third-order valence-electron chi connectivity index (χ3n) is 5.52. The van der Waals surface area contributed by atoms with E-state index >= 15 is 0 Å². The molecule has 0 saturated heterocycles. The molecule has 0 spiro atoms. The van der Waals surface area contributed by atoms with Crippen molar-refractivity contribution >= 4 is 33.4 Å². The smallest absolute Gasteiger partial charge is 0.274 e. The summed E-state index contributed by atoms with van der Waals surface area (Å²) in [5.74, 6) is 2.11. The lowest BCUT2D eigenvalue weighted by atomic mass is 10.1. The first-order valence-corrected chi connectivity index (χ1v) is 12.4. The van der Waals surface area contributed by atoms with E-state index < -0.39 is 0 Å². The number of thiazole rings is 1. The molecule has 5 aromatic rings. The molecule has 0 unspecified atom stereocenters. The second-order valence-corrected chi connectivity index (χ2v) is 9.30. The number of benzene rings is 3. The molecule has 178 valence electrons. The van der Waals surface area contributed by atoms with Crippen LogP contribution in [0.15, 0.2) is 65.5 Å². The van der Waals surface area contributed by atoms with Crippen molar-refractivity contribution in [3.8, 4) is 17.2 Å². The van der Waals surface area contributed by atoms with E-state index in [0.717, 1.165) is 22.3 Å². The SMILES string of the molecule is CCOc1cc(/C=c2\sc3nc4ccccc4n3c2=O)ccc1OCCOc1cc(C)cc(C)c1. The summed E-state index contributed by atoms with van der Waals surface area (Å²) in [7, 11) is 0. The van der Waals surface area contributed by atoms with Crippen LogP contribution < -0.4 is 24.3 Å². The first-order chi connectivity index (χ1) is 17.0. The number of aryl methyl sites for hydroxylation is 2. The van der Waals surface area contributed by atoms with Gasteiger partial charge in [-0.05, 0) is 79.9 Å². The van der Waals surface area contributed by atoms with Crippen LogP contribution in [0, 0.1) is 13.8 Å². The van der Waals surface area contributed by atoms with Crippen LogP contribution in [0.1, 0.15) is 23.6 Å². The lowest BCUT2D eigenvalue weighted by Gasteiger charge is -2.13. The van der Waals surface area contributed by atoms with Crippen molar-refractivity contribution in [1.82, 2.24) is 9.38 Å². The van der Waals surface area contributed by atoms with E-state index in [9.17, 15) is 4.79 Å². The van der Waals surface area contributed by atoms with Gasteiger partial charge in [-0.3, -0.25) is 4.79 Å². The largest absolute Gasteiger partial charge is 0.490 e. The molecular weight excluding hydrogens is 460 g/mol. The van der Waals surface area contributed by atoms with E-state index in [1.54, 1.807) is 4.40 Å². The van der Waals surface area contributed by atoms with Crippen LogP contribution in [-0.2, 0) is 0 Å². The minimum absolute atomic E-state index is 0.0690. The van der Waals surface area contributed by atoms with Gasteiger partial charge in [-0.25, -0.2) is 9.38 Å². The van der Waals surface area contributed by atoms with Gasteiger partial charge in [0.15, 0.2) is 16.5 Å². The Hall–Kier alpha value is -3.84. The van der Waals surface area contributed by atoms with Crippen LogP contribution in [0.25, 0.3) is 22.1 Å². The van der Waals surface area contributed by atoms with E-state index in [4.69, 9.17) is 14.2 Å². The Bertz CT molecular complexity index is 1600. The maximum absolute atomic E-state index is 13.1. The molecule has 6 nitrogen and oxygen atoms in total. The number of rotatable bonds is 8. The fraction of sp³-hybridized carbons (Fsp3) is 0.214. The zero-order valence-electron chi connectivity index (χ0n) is 19.9. The molecule has 0 aliphatic rings. The summed E-state index contributed by atoms with van der Waals surface area (Å²) >= 11 is 1.38. The summed E-state index contributed by atoms with van der Waals surface area (Å²) in [6.07, 6.45) is 1.87. The van der Waals surface area contributed by atoms with Gasteiger partial charge in [0.25, 0.3) is 5.56 Å². The fourth-order valence-electron chi connectivity index (χ4n) is 4.09. The van der Waals surface area contributed by atoms with Crippen molar-refractivity contribution < 1.29 is 14.2 Å². The van der Waals surface area contributed by atoms with Crippen LogP contribution in [0.2, 0.25) is 0 Å². The number of para-hydroxylation sites is 2. The molecule has 0 amide bonds. The van der Waals surface area contributed by atoms with Crippen molar-refractivity contribution in [1.29, 1.82) is 0 Å². The highest BCUT2D eigenvalue weighted by Crippen LogP contribution is 2.29. The Morgan fingerprint density at radius 2 is 1.69 bits per heavy atom. The molecule has 35 heavy (non-hydrogen) atoms. The van der Waals surface area contributed by atoms with Crippen LogP contribution >= 0.6 is 11.3 Å². The molecule has 0 aliphatic heterocycles. The molecule has 0 bridgehead atoms. The van der Waals surface area contributed by atoms with Gasteiger partial charge in [-0.15, -0.1) is 0 Å². The summed E-state index contributed by atoms with van der Waals surface area (Å²) < 4.78 is 19.9. The number of hydrogen-bond donors (Lipinski definition) is 0. The molecule has 3 aromatic carbocycles. The first kappa shape index (κ1) is 22.9. The Balaban J connectivity index is 1.35. The van der Waals surface area contributed by atoms with Crippen molar-refractivity contribution in [2.24, 2.45) is 0 Å². The highest BCUT2D eigenvalue weighted by atomic mass is 32.1. The molecule has 0 radical (unpaired) electrons. The monoisotopic (exact) mass is 486 g/mol. The predicted molar refractivity (Wildman–Crippen MR) is 140 cm³/mol. The molecule has 0 atom stereocenters. The predicted octanol–water partition coefficient (Wildman–Crippen LogP) is 4.93. The van der Waals surface area contributed by atoms with E-state index in [-0.39, 0.29) is 5.56 Å². The molecule has 5 rings (SSSR count). The van der Waals surface area contributed by atoms with Gasteiger partial charge in [0.05, 0.1) is 22.2 Å². The van der Waals surface area contributed by atoms with Crippen molar-refractivity contribution in [3.63, 3.8) is 0 Å². The maximum atomic E-state index is 13.1. The first-order valence-electron chi connectivity index (χ1n) is 11.5. The Kier molecular flexibility index (Phi) is 6.42. The number of aromatic nitrogens is 2. The Labute approximate surface area is 207 Å². The lowest BCUT2D eigenvalue weighted by molar-refractivity contribution is 0.208. The van der Waals surface area contributed by atoms with Gasteiger partial charge in [-0.1, -0.05) is 35.6 Å². The lowest BCUT2D eigenvalue weighted by Crippen LogP contribution is -2.22. The standard InChI is InChI=1S/C28H26N2O4S/c1-4-32-25-16-20(9-10-24(25)34-12-11-33-21-14-18(2)13-19(3)15-21)17-26-27(31)30-23-8-6-5-7-22(23)29-28(30)35-26/h5-10,13-17H,4,11-12H2,1-3H3/b26-17-. The third-order valence-corrected chi connectivity index (χ3v) is 6.48. The summed E-state index contributed by atoms with van der Waals surface area (Å²) in [6, 6.07) is 19.5. The van der Waals surface area contributed by atoms with E-state index in [0.29, 0.717) is 40.8 Å². The average molecular weight is 487 g/mol. The van der Waals surface area contributed by atoms with Crippen molar-refractivity contribution in [3.05, 3.63) is 92.2 Å². The third kappa shape index (κ3) is 4.86. The molecule has 7 heteroatoms. The second-order valence-electron chi connectivity index (χ2n) is 8.29. The van der Waals surface area contributed by atoms with E-state index in [2.05, 4.69) is 24.9 Å². The maximum Gasteiger partial charge on any atom is 0.274 e. The van der Waals surface area contributed by atoms with Gasteiger partial charge >= 0.3 is 0 Å². The zero-order valence-corrected chi connectivity index (χ0v) is 20.7. The minimum atomic E-state index is -0.0690. The summed E-state index contributed by atoms with van der Waals surface area (Å²) in [4.78, 5) is 18.3. The van der Waals surface area contributed by atoms with Crippen LogP contribution in [-0.4, -0.2) is 29.2 Å². The quantitative estimate of drug-likeness (QED) is 0.291. The Morgan fingerprint density at radius 1 is 0.914 bits per heavy atom. The number of fused-ring (bicyclic) bond motifs is 3. The van der Waals surface area contributed by atoms with Gasteiger partial charge < -0.3 is 14.2 Å². The van der Waals surface area contributed by atoms with Gasteiger partial charge in [0, 0.05) is 0 Å². The number of nitrogens with zero attached hydrogens (tertiary/aromatic N) is 2. The molecule has 2 aromatic heterocycles. The van der Waals surface area contributed by atoms with Crippen LogP contribution in [0.5, 0.6) is 17.2 Å². The van der Waals surface area contributed by atoms with Crippen LogP contribution in [0.3, 0.4) is 0 Å². The normalized spacial score (nSPS) is 11.9. The highest BCUT2D eigenvalue weighted by Gasteiger charge is 2.11. The van der Waals surface area contributed by atoms with Gasteiger partial charge in [0.2, 0.25) is 0 Å². The molecule has 0 fully saturated rings. The molecule has 0 aliphatic carbocycles. The van der Waals surface area contributed by atoms with Gasteiger partial charge in [-0.2, -0.15) is 0 Å².